The lowest BCUT2D eigenvalue weighted by Crippen LogP contribution is -2.02. The lowest BCUT2D eigenvalue weighted by atomic mass is 10.1. The van der Waals surface area contributed by atoms with Gasteiger partial charge in [0.2, 0.25) is 0 Å². The predicted molar refractivity (Wildman–Crippen MR) is 74.1 cm³/mol. The molecule has 0 aliphatic heterocycles. The normalized spacial score (nSPS) is 10.5. The number of tetrazole rings is 1. The van der Waals surface area contributed by atoms with Crippen LogP contribution < -0.4 is 0 Å². The number of carboxylic acids is 1. The summed E-state index contributed by atoms with van der Waals surface area (Å²) in [5.41, 5.74) is 3.14. The van der Waals surface area contributed by atoms with E-state index in [-0.39, 0.29) is 5.56 Å². The molecule has 0 amide bonds. The number of pyridine rings is 1. The van der Waals surface area contributed by atoms with E-state index < -0.39 is 5.97 Å². The summed E-state index contributed by atoms with van der Waals surface area (Å²) in [5.74, 6) is -1.02. The van der Waals surface area contributed by atoms with E-state index in [4.69, 9.17) is 0 Å². The fourth-order valence-corrected chi connectivity index (χ4v) is 1.93. The maximum absolute atomic E-state index is 11.3. The van der Waals surface area contributed by atoms with Gasteiger partial charge in [-0.05, 0) is 47.2 Å². The van der Waals surface area contributed by atoms with Gasteiger partial charge in [-0.2, -0.15) is 0 Å². The third kappa shape index (κ3) is 2.62. The van der Waals surface area contributed by atoms with Gasteiger partial charge in [-0.3, -0.25) is 4.98 Å². The second-order valence-electron chi connectivity index (χ2n) is 4.55. The number of benzene rings is 1. The van der Waals surface area contributed by atoms with Crippen molar-refractivity contribution in [2.45, 2.75) is 6.92 Å². The van der Waals surface area contributed by atoms with Gasteiger partial charge in [-0.25, -0.2) is 9.48 Å². The minimum absolute atomic E-state index is 0.153. The highest BCUT2D eigenvalue weighted by atomic mass is 16.4. The van der Waals surface area contributed by atoms with Crippen LogP contribution >= 0.6 is 0 Å². The Balaban J connectivity index is 2.16. The van der Waals surface area contributed by atoms with E-state index in [1.807, 2.05) is 19.1 Å². The molecule has 1 aromatic carbocycles. The van der Waals surface area contributed by atoms with Gasteiger partial charge in [-0.1, -0.05) is 6.07 Å². The van der Waals surface area contributed by atoms with E-state index in [9.17, 15) is 9.90 Å². The lowest BCUT2D eigenvalue weighted by molar-refractivity contribution is 0.0697. The molecule has 0 saturated heterocycles. The molecule has 1 N–H and O–H groups in total. The highest BCUT2D eigenvalue weighted by Crippen LogP contribution is 2.22. The van der Waals surface area contributed by atoms with E-state index in [2.05, 4.69) is 20.5 Å². The standard InChI is InChI=1S/C14H11N5O2/c1-9-2-3-13(15-7-9)10-4-11(14(20)21)6-12(5-10)19-8-16-17-18-19/h2-8H,1H3,(H,20,21). The summed E-state index contributed by atoms with van der Waals surface area (Å²) in [6.45, 7) is 1.94. The van der Waals surface area contributed by atoms with Crippen molar-refractivity contribution >= 4 is 5.97 Å². The summed E-state index contributed by atoms with van der Waals surface area (Å²) >= 11 is 0. The van der Waals surface area contributed by atoms with Crippen molar-refractivity contribution < 1.29 is 9.90 Å². The maximum Gasteiger partial charge on any atom is 0.335 e. The summed E-state index contributed by atoms with van der Waals surface area (Å²) < 4.78 is 1.41. The fraction of sp³-hybridized carbons (Fsp3) is 0.0714. The Morgan fingerprint density at radius 1 is 1.24 bits per heavy atom. The first-order valence-corrected chi connectivity index (χ1v) is 6.18. The Kier molecular flexibility index (Phi) is 3.15. The summed E-state index contributed by atoms with van der Waals surface area (Å²) in [7, 11) is 0. The minimum Gasteiger partial charge on any atom is -0.478 e. The second-order valence-corrected chi connectivity index (χ2v) is 4.55. The number of aryl methyl sites for hydroxylation is 1. The van der Waals surface area contributed by atoms with Crippen LogP contribution in [0.4, 0.5) is 0 Å². The Morgan fingerprint density at radius 3 is 2.71 bits per heavy atom. The highest BCUT2D eigenvalue weighted by molar-refractivity contribution is 5.90. The third-order valence-electron chi connectivity index (χ3n) is 2.99. The van der Waals surface area contributed by atoms with Crippen molar-refractivity contribution in [1.29, 1.82) is 0 Å². The zero-order valence-electron chi connectivity index (χ0n) is 11.1. The quantitative estimate of drug-likeness (QED) is 0.785. The van der Waals surface area contributed by atoms with Crippen LogP contribution in [-0.2, 0) is 0 Å². The number of carboxylic acid groups (broad SMARTS) is 1. The van der Waals surface area contributed by atoms with Gasteiger partial charge in [0.05, 0.1) is 16.9 Å². The van der Waals surface area contributed by atoms with Crippen LogP contribution in [0.1, 0.15) is 15.9 Å². The molecule has 0 aliphatic carbocycles. The van der Waals surface area contributed by atoms with Crippen LogP contribution in [0.5, 0.6) is 0 Å². The molecule has 7 heteroatoms. The van der Waals surface area contributed by atoms with Crippen molar-refractivity contribution in [3.63, 3.8) is 0 Å². The second kappa shape index (κ2) is 5.12. The Hall–Kier alpha value is -3.09. The molecule has 0 fully saturated rings. The Morgan fingerprint density at radius 2 is 2.10 bits per heavy atom. The number of hydrogen-bond acceptors (Lipinski definition) is 5. The van der Waals surface area contributed by atoms with Gasteiger partial charge in [-0.15, -0.1) is 5.10 Å². The SMILES string of the molecule is Cc1ccc(-c2cc(C(=O)O)cc(-n3cnnn3)c2)nc1. The molecule has 0 unspecified atom stereocenters. The summed E-state index contributed by atoms with van der Waals surface area (Å²) in [4.78, 5) is 15.6. The molecule has 7 nitrogen and oxygen atoms in total. The molecule has 3 rings (SSSR count). The Labute approximate surface area is 119 Å². The van der Waals surface area contributed by atoms with Crippen molar-refractivity contribution in [1.82, 2.24) is 25.2 Å². The minimum atomic E-state index is -1.02. The summed E-state index contributed by atoms with van der Waals surface area (Å²) in [6.07, 6.45) is 3.15. The largest absolute Gasteiger partial charge is 0.478 e. The van der Waals surface area contributed by atoms with E-state index >= 15 is 0 Å². The number of nitrogens with zero attached hydrogens (tertiary/aromatic N) is 5. The zero-order valence-corrected chi connectivity index (χ0v) is 11.1. The van der Waals surface area contributed by atoms with Crippen LogP contribution in [0.3, 0.4) is 0 Å². The van der Waals surface area contributed by atoms with Crippen LogP contribution in [-0.4, -0.2) is 36.3 Å². The van der Waals surface area contributed by atoms with Crippen molar-refractivity contribution in [2.24, 2.45) is 0 Å². The average Bonchev–Trinajstić information content (AvgIpc) is 3.02. The van der Waals surface area contributed by atoms with Crippen LogP contribution in [0.15, 0.2) is 42.9 Å². The molecule has 3 aromatic rings. The van der Waals surface area contributed by atoms with Gasteiger partial charge in [0.25, 0.3) is 0 Å². The van der Waals surface area contributed by atoms with Crippen molar-refractivity contribution in [3.8, 4) is 16.9 Å². The first kappa shape index (κ1) is 12.9. The van der Waals surface area contributed by atoms with E-state index in [0.717, 1.165) is 5.56 Å². The van der Waals surface area contributed by atoms with Gasteiger partial charge < -0.3 is 5.11 Å². The van der Waals surface area contributed by atoms with Gasteiger partial charge >= 0.3 is 5.97 Å². The molecular formula is C14H11N5O2. The van der Waals surface area contributed by atoms with Crippen molar-refractivity contribution in [2.75, 3.05) is 0 Å². The van der Waals surface area contributed by atoms with Crippen LogP contribution in [0.2, 0.25) is 0 Å². The topological polar surface area (TPSA) is 93.8 Å². The molecular weight excluding hydrogens is 270 g/mol. The first-order valence-electron chi connectivity index (χ1n) is 6.18. The summed E-state index contributed by atoms with van der Waals surface area (Å²) in [6, 6.07) is 8.65. The van der Waals surface area contributed by atoms with E-state index in [1.165, 1.54) is 17.1 Å². The molecule has 2 heterocycles. The molecule has 0 atom stereocenters. The highest BCUT2D eigenvalue weighted by Gasteiger charge is 2.11. The lowest BCUT2D eigenvalue weighted by Gasteiger charge is -2.07. The fourth-order valence-electron chi connectivity index (χ4n) is 1.93. The van der Waals surface area contributed by atoms with Gasteiger partial charge in [0.15, 0.2) is 0 Å². The smallest absolute Gasteiger partial charge is 0.335 e. The van der Waals surface area contributed by atoms with Gasteiger partial charge in [0, 0.05) is 11.8 Å². The van der Waals surface area contributed by atoms with Crippen molar-refractivity contribution in [3.05, 3.63) is 54.0 Å². The number of rotatable bonds is 3. The predicted octanol–water partition coefficient (Wildman–Crippen LogP) is 1.73. The number of carbonyl (C=O) groups is 1. The van der Waals surface area contributed by atoms with Crippen LogP contribution in [0.25, 0.3) is 16.9 Å². The number of hydrogen-bond donors (Lipinski definition) is 1. The molecule has 21 heavy (non-hydrogen) atoms. The zero-order chi connectivity index (χ0) is 14.8. The monoisotopic (exact) mass is 281 g/mol. The summed E-state index contributed by atoms with van der Waals surface area (Å²) in [5, 5.41) is 20.1. The molecule has 2 aromatic heterocycles. The number of aromatic carboxylic acids is 1. The van der Waals surface area contributed by atoms with Gasteiger partial charge in [0.1, 0.15) is 6.33 Å². The Bertz CT molecular complexity index is 782. The average molecular weight is 281 g/mol. The third-order valence-corrected chi connectivity index (χ3v) is 2.99. The molecule has 0 radical (unpaired) electrons. The van der Waals surface area contributed by atoms with E-state index in [0.29, 0.717) is 16.9 Å². The molecule has 0 saturated carbocycles. The molecule has 0 bridgehead atoms. The molecule has 104 valence electrons. The molecule has 0 spiro atoms. The maximum atomic E-state index is 11.3. The molecule has 0 aliphatic rings. The number of aromatic nitrogens is 5. The van der Waals surface area contributed by atoms with E-state index in [1.54, 1.807) is 18.3 Å². The first-order chi connectivity index (χ1) is 10.1. The van der Waals surface area contributed by atoms with Crippen LogP contribution in [0, 0.1) is 6.92 Å².